The summed E-state index contributed by atoms with van der Waals surface area (Å²) >= 11 is 5.89. The van der Waals surface area contributed by atoms with E-state index in [2.05, 4.69) is 21.7 Å². The SMILES string of the molecule is CC(=O)N1CCN(C(=O)C2NNNC2Nc2ccc(Cl)cc2)CC1. The fourth-order valence-corrected chi connectivity index (χ4v) is 2.98. The van der Waals surface area contributed by atoms with Crippen LogP contribution in [-0.4, -0.2) is 60.0 Å². The van der Waals surface area contributed by atoms with Gasteiger partial charge in [-0.1, -0.05) is 11.6 Å². The third-order valence-electron chi connectivity index (χ3n) is 4.26. The van der Waals surface area contributed by atoms with Gasteiger partial charge >= 0.3 is 0 Å². The minimum Gasteiger partial charge on any atom is -0.367 e. The van der Waals surface area contributed by atoms with Gasteiger partial charge in [0.15, 0.2) is 0 Å². The molecular formula is C15H21ClN6O2. The molecule has 24 heavy (non-hydrogen) atoms. The van der Waals surface area contributed by atoms with Gasteiger partial charge in [-0.15, -0.1) is 0 Å². The molecule has 2 saturated heterocycles. The zero-order valence-electron chi connectivity index (χ0n) is 13.4. The average Bonchev–Trinajstić information content (AvgIpc) is 3.04. The summed E-state index contributed by atoms with van der Waals surface area (Å²) in [6.45, 7) is 3.79. The smallest absolute Gasteiger partial charge is 0.244 e. The molecule has 0 radical (unpaired) electrons. The predicted molar refractivity (Wildman–Crippen MR) is 90.9 cm³/mol. The van der Waals surface area contributed by atoms with Gasteiger partial charge in [-0.05, 0) is 24.3 Å². The molecule has 4 N–H and O–H groups in total. The lowest BCUT2D eigenvalue weighted by molar-refractivity contribution is -0.139. The zero-order chi connectivity index (χ0) is 17.1. The maximum Gasteiger partial charge on any atom is 0.244 e. The Morgan fingerprint density at radius 1 is 1.08 bits per heavy atom. The van der Waals surface area contributed by atoms with Crippen LogP contribution in [0.5, 0.6) is 0 Å². The average molecular weight is 353 g/mol. The number of piperazine rings is 1. The molecule has 0 saturated carbocycles. The number of benzene rings is 1. The van der Waals surface area contributed by atoms with E-state index in [1.165, 1.54) is 0 Å². The summed E-state index contributed by atoms with van der Waals surface area (Å²) in [4.78, 5) is 27.7. The fourth-order valence-electron chi connectivity index (χ4n) is 2.85. The highest BCUT2D eigenvalue weighted by Gasteiger charge is 2.36. The largest absolute Gasteiger partial charge is 0.367 e. The molecule has 0 spiro atoms. The first kappa shape index (κ1) is 17.0. The van der Waals surface area contributed by atoms with Crippen molar-refractivity contribution >= 4 is 29.1 Å². The molecule has 130 valence electrons. The number of amides is 2. The van der Waals surface area contributed by atoms with E-state index in [0.717, 1.165) is 5.69 Å². The molecule has 9 heteroatoms. The first-order valence-corrected chi connectivity index (χ1v) is 8.25. The van der Waals surface area contributed by atoms with Crippen LogP contribution in [0.15, 0.2) is 24.3 Å². The van der Waals surface area contributed by atoms with E-state index < -0.39 is 6.04 Å². The molecule has 2 fully saturated rings. The number of rotatable bonds is 3. The molecular weight excluding hydrogens is 332 g/mol. The van der Waals surface area contributed by atoms with E-state index in [0.29, 0.717) is 31.2 Å². The molecule has 0 aromatic heterocycles. The molecule has 2 amide bonds. The second kappa shape index (κ2) is 7.35. The Hall–Kier alpha value is -1.87. The lowest BCUT2D eigenvalue weighted by atomic mass is 10.1. The molecule has 2 heterocycles. The summed E-state index contributed by atoms with van der Waals surface area (Å²) in [7, 11) is 0. The predicted octanol–water partition coefficient (Wildman–Crippen LogP) is -0.250. The van der Waals surface area contributed by atoms with Crippen molar-refractivity contribution in [2.45, 2.75) is 19.1 Å². The Bertz CT molecular complexity index is 602. The van der Waals surface area contributed by atoms with Crippen LogP contribution in [-0.2, 0) is 9.59 Å². The first-order chi connectivity index (χ1) is 11.5. The molecule has 1 aromatic rings. The van der Waals surface area contributed by atoms with E-state index in [9.17, 15) is 9.59 Å². The number of hydrogen-bond donors (Lipinski definition) is 4. The monoisotopic (exact) mass is 352 g/mol. The fraction of sp³-hybridized carbons (Fsp3) is 0.467. The summed E-state index contributed by atoms with van der Waals surface area (Å²) in [6, 6.07) is 6.84. The topological polar surface area (TPSA) is 88.7 Å². The Morgan fingerprint density at radius 2 is 1.71 bits per heavy atom. The highest BCUT2D eigenvalue weighted by Crippen LogP contribution is 2.16. The molecule has 0 bridgehead atoms. The standard InChI is InChI=1S/C15H21ClN6O2/c1-10(23)21-6-8-22(9-7-21)15(24)13-14(19-20-18-13)17-12-4-2-11(16)3-5-12/h2-5,13-14,17-20H,6-9H2,1H3. The van der Waals surface area contributed by atoms with Crippen molar-refractivity contribution in [1.82, 2.24) is 26.2 Å². The molecule has 0 aliphatic carbocycles. The van der Waals surface area contributed by atoms with Gasteiger partial charge < -0.3 is 15.1 Å². The van der Waals surface area contributed by atoms with Crippen LogP contribution >= 0.6 is 11.6 Å². The third-order valence-corrected chi connectivity index (χ3v) is 4.51. The van der Waals surface area contributed by atoms with Gasteiger partial charge in [-0.3, -0.25) is 9.59 Å². The van der Waals surface area contributed by atoms with Crippen LogP contribution in [0.4, 0.5) is 5.69 Å². The quantitative estimate of drug-likeness (QED) is 0.600. The number of hydrogen-bond acceptors (Lipinski definition) is 6. The van der Waals surface area contributed by atoms with E-state index in [4.69, 9.17) is 11.6 Å². The van der Waals surface area contributed by atoms with Crippen LogP contribution in [0.1, 0.15) is 6.92 Å². The summed E-state index contributed by atoms with van der Waals surface area (Å²) < 4.78 is 0. The molecule has 8 nitrogen and oxygen atoms in total. The minimum absolute atomic E-state index is 0.0119. The number of halogens is 1. The van der Waals surface area contributed by atoms with Crippen LogP contribution in [0.25, 0.3) is 0 Å². The maximum absolute atomic E-state index is 12.8. The third kappa shape index (κ3) is 3.78. The van der Waals surface area contributed by atoms with Crippen molar-refractivity contribution in [1.29, 1.82) is 0 Å². The normalized spacial score (nSPS) is 24.1. The van der Waals surface area contributed by atoms with Gasteiger partial charge in [0.2, 0.25) is 11.8 Å². The Labute approximate surface area is 145 Å². The van der Waals surface area contributed by atoms with Crippen molar-refractivity contribution in [3.63, 3.8) is 0 Å². The summed E-state index contributed by atoms with van der Waals surface area (Å²) in [5.74, 6) is 0.0360. The zero-order valence-corrected chi connectivity index (χ0v) is 14.1. The van der Waals surface area contributed by atoms with E-state index in [1.807, 2.05) is 12.1 Å². The van der Waals surface area contributed by atoms with Gasteiger partial charge in [0.25, 0.3) is 0 Å². The van der Waals surface area contributed by atoms with Gasteiger partial charge in [-0.2, -0.15) is 5.53 Å². The molecule has 2 unspecified atom stereocenters. The Kier molecular flexibility index (Phi) is 5.20. The molecule has 2 aliphatic heterocycles. The molecule has 2 aliphatic rings. The van der Waals surface area contributed by atoms with Crippen molar-refractivity contribution in [3.05, 3.63) is 29.3 Å². The van der Waals surface area contributed by atoms with E-state index in [1.54, 1.807) is 28.9 Å². The number of hydrazine groups is 2. The second-order valence-corrected chi connectivity index (χ2v) is 6.29. The Morgan fingerprint density at radius 3 is 2.33 bits per heavy atom. The van der Waals surface area contributed by atoms with Gasteiger partial charge in [0.05, 0.1) is 0 Å². The van der Waals surface area contributed by atoms with Crippen LogP contribution in [0.2, 0.25) is 5.02 Å². The lowest BCUT2D eigenvalue weighted by Gasteiger charge is -2.36. The van der Waals surface area contributed by atoms with Crippen LogP contribution in [0.3, 0.4) is 0 Å². The van der Waals surface area contributed by atoms with E-state index >= 15 is 0 Å². The van der Waals surface area contributed by atoms with Crippen LogP contribution < -0.4 is 21.7 Å². The number of nitrogens with one attached hydrogen (secondary N) is 4. The van der Waals surface area contributed by atoms with Crippen molar-refractivity contribution in [3.8, 4) is 0 Å². The van der Waals surface area contributed by atoms with Gasteiger partial charge in [0, 0.05) is 43.8 Å². The molecule has 3 rings (SSSR count). The minimum atomic E-state index is -0.454. The number of nitrogens with zero attached hydrogens (tertiary/aromatic N) is 2. The second-order valence-electron chi connectivity index (χ2n) is 5.85. The van der Waals surface area contributed by atoms with Crippen LogP contribution in [0, 0.1) is 0 Å². The summed E-state index contributed by atoms with van der Waals surface area (Å²) in [5, 5.41) is 3.92. The lowest BCUT2D eigenvalue weighted by Crippen LogP contribution is -2.57. The Balaban J connectivity index is 1.59. The van der Waals surface area contributed by atoms with E-state index in [-0.39, 0.29) is 18.0 Å². The number of carbonyl (C=O) groups is 2. The first-order valence-electron chi connectivity index (χ1n) is 7.87. The van der Waals surface area contributed by atoms with Gasteiger partial charge in [0.1, 0.15) is 12.2 Å². The summed E-state index contributed by atoms with van der Waals surface area (Å²) in [6.07, 6.45) is -0.301. The van der Waals surface area contributed by atoms with Gasteiger partial charge in [-0.25, -0.2) is 10.9 Å². The number of anilines is 1. The van der Waals surface area contributed by atoms with Crippen molar-refractivity contribution in [2.24, 2.45) is 0 Å². The molecule has 1 aromatic carbocycles. The maximum atomic E-state index is 12.8. The van der Waals surface area contributed by atoms with Crippen molar-refractivity contribution < 1.29 is 9.59 Å². The highest BCUT2D eigenvalue weighted by molar-refractivity contribution is 6.30. The molecule has 2 atom stereocenters. The summed E-state index contributed by atoms with van der Waals surface area (Å²) in [5.41, 5.74) is 9.61. The number of carbonyl (C=O) groups excluding carboxylic acids is 2. The highest BCUT2D eigenvalue weighted by atomic mass is 35.5. The van der Waals surface area contributed by atoms with Crippen molar-refractivity contribution in [2.75, 3.05) is 31.5 Å².